The molecule has 0 unspecified atom stereocenters. The lowest BCUT2D eigenvalue weighted by Crippen LogP contribution is -2.68. The molecule has 5 aliphatic carbocycles. The van der Waals surface area contributed by atoms with E-state index in [4.69, 9.17) is 28.4 Å². The number of carbonyl (C=O) groups is 2. The van der Waals surface area contributed by atoms with E-state index < -0.39 is 134 Å². The van der Waals surface area contributed by atoms with Crippen LogP contribution >= 0.6 is 0 Å². The molecule has 3 saturated heterocycles. The second kappa shape index (κ2) is 18.5. The molecule has 0 spiro atoms. The van der Waals surface area contributed by atoms with Crippen LogP contribution in [0, 0.1) is 50.2 Å². The van der Waals surface area contributed by atoms with E-state index in [0.29, 0.717) is 51.4 Å². The fraction of sp³-hybridized carbons (Fsp3) is 0.917. The van der Waals surface area contributed by atoms with Crippen molar-refractivity contribution in [1.82, 2.24) is 0 Å². The van der Waals surface area contributed by atoms with Crippen molar-refractivity contribution in [3.05, 3.63) is 11.6 Å². The average molecular weight is 973 g/mol. The summed E-state index contributed by atoms with van der Waals surface area (Å²) in [6.45, 7) is 11.5. The van der Waals surface area contributed by atoms with Gasteiger partial charge in [-0.1, -0.05) is 53.2 Å². The summed E-state index contributed by atoms with van der Waals surface area (Å²) in [6, 6.07) is 0. The number of fused-ring (bicyclic) bond motifs is 7. The van der Waals surface area contributed by atoms with E-state index in [1.165, 1.54) is 5.57 Å². The number of rotatable bonds is 10. The van der Waals surface area contributed by atoms with Crippen molar-refractivity contribution < 1.29 is 99.3 Å². The first kappa shape index (κ1) is 52.4. The second-order valence-corrected chi connectivity index (χ2v) is 23.3. The van der Waals surface area contributed by atoms with Crippen molar-refractivity contribution in [2.45, 2.75) is 204 Å². The van der Waals surface area contributed by atoms with E-state index in [1.54, 1.807) is 0 Å². The molecule has 4 saturated carbocycles. The average Bonchev–Trinajstić information content (AvgIpc) is 3.29. The maximum Gasteiger partial charge on any atom is 0.335 e. The molecular formula is C48H76O20. The summed E-state index contributed by atoms with van der Waals surface area (Å²) in [5.41, 5.74) is -1.87. The van der Waals surface area contributed by atoms with E-state index in [1.807, 2.05) is 6.92 Å². The standard InChI is InChI=1S/C48H76O20/c1-43(2)13-15-48(42(62)68-40-35(59)31(55)29(53)24(19-50)64-40)16-14-46(5)21(22(48)17-43)7-8-26-44(3)11-10-27(45(4,20-51)25(44)9-12-47(26,46)6)65-41-37(33(57)32(56)36(66-41)38(60)61)67-39-34(58)30(54)28(52)23(18-49)63-39/h7,22-37,39-41,49-59H,8-20H2,1-6H3,(H,60,61)/t22-,23+,24+,25+,26+,27-,28+,29+,30-,31-,32-,33-,34+,35+,36-,37+,39-,40-,41+,44-,45+,46+,47+,48-/m0/s1. The van der Waals surface area contributed by atoms with E-state index in [2.05, 4.69) is 40.7 Å². The van der Waals surface area contributed by atoms with Gasteiger partial charge in [0.15, 0.2) is 18.7 Å². The van der Waals surface area contributed by atoms with Gasteiger partial charge in [0.1, 0.15) is 67.1 Å². The first-order valence-electron chi connectivity index (χ1n) is 24.5. The predicted octanol–water partition coefficient (Wildman–Crippen LogP) is -0.795. The van der Waals surface area contributed by atoms with Crippen LogP contribution in [0.15, 0.2) is 11.6 Å². The smallest absolute Gasteiger partial charge is 0.335 e. The third-order valence-corrected chi connectivity index (χ3v) is 19.4. The Hall–Kier alpha value is -1.96. The van der Waals surface area contributed by atoms with Gasteiger partial charge in [-0.2, -0.15) is 0 Å². The number of ether oxygens (including phenoxy) is 6. The van der Waals surface area contributed by atoms with Crippen LogP contribution in [0.3, 0.4) is 0 Å². The van der Waals surface area contributed by atoms with Gasteiger partial charge in [-0.15, -0.1) is 0 Å². The Labute approximate surface area is 396 Å². The van der Waals surface area contributed by atoms with Crippen LogP contribution in [-0.4, -0.2) is 191 Å². The summed E-state index contributed by atoms with van der Waals surface area (Å²) in [6.07, 6.45) is -18.1. The highest BCUT2D eigenvalue weighted by Gasteiger charge is 2.71. The summed E-state index contributed by atoms with van der Waals surface area (Å²) in [4.78, 5) is 27.0. The van der Waals surface area contributed by atoms with Crippen molar-refractivity contribution in [3.8, 4) is 0 Å². The Morgan fingerprint density at radius 3 is 1.85 bits per heavy atom. The summed E-state index contributed by atoms with van der Waals surface area (Å²) < 4.78 is 35.5. The third-order valence-electron chi connectivity index (χ3n) is 19.4. The number of hydrogen-bond acceptors (Lipinski definition) is 19. The molecule has 0 aromatic rings. The van der Waals surface area contributed by atoms with Crippen molar-refractivity contribution in [2.24, 2.45) is 50.2 Å². The predicted molar refractivity (Wildman–Crippen MR) is 232 cm³/mol. The highest BCUT2D eigenvalue weighted by atomic mass is 16.8. The van der Waals surface area contributed by atoms with Gasteiger partial charge in [-0.3, -0.25) is 4.79 Å². The van der Waals surface area contributed by atoms with Gasteiger partial charge in [0.25, 0.3) is 0 Å². The van der Waals surface area contributed by atoms with Gasteiger partial charge < -0.3 is 89.7 Å². The lowest BCUT2D eigenvalue weighted by atomic mass is 9.33. The molecule has 12 N–H and O–H groups in total. The maximum absolute atomic E-state index is 14.7. The molecule has 24 atom stereocenters. The molecular weight excluding hydrogens is 897 g/mol. The van der Waals surface area contributed by atoms with Crippen LogP contribution in [0.5, 0.6) is 0 Å². The van der Waals surface area contributed by atoms with Crippen LogP contribution in [0.1, 0.15) is 106 Å². The minimum atomic E-state index is -2.03. The lowest BCUT2D eigenvalue weighted by molar-refractivity contribution is -0.375. The molecule has 8 rings (SSSR count). The van der Waals surface area contributed by atoms with Gasteiger partial charge in [0.05, 0.1) is 31.3 Å². The topological polar surface area (TPSA) is 332 Å². The maximum atomic E-state index is 14.7. The molecule has 0 bridgehead atoms. The molecule has 7 fully saturated rings. The van der Waals surface area contributed by atoms with Gasteiger partial charge in [0.2, 0.25) is 6.29 Å². The molecule has 68 heavy (non-hydrogen) atoms. The molecule has 20 heteroatoms. The van der Waals surface area contributed by atoms with Crippen LogP contribution in [-0.2, 0) is 38.0 Å². The highest BCUT2D eigenvalue weighted by molar-refractivity contribution is 5.79. The molecule has 0 amide bonds. The molecule has 0 aromatic heterocycles. The quantitative estimate of drug-likeness (QED) is 0.0725. The minimum absolute atomic E-state index is 0.0982. The van der Waals surface area contributed by atoms with Gasteiger partial charge in [-0.05, 0) is 104 Å². The van der Waals surface area contributed by atoms with E-state index in [0.717, 1.165) is 12.8 Å². The van der Waals surface area contributed by atoms with Crippen molar-refractivity contribution >= 4 is 11.9 Å². The first-order chi connectivity index (χ1) is 31.8. The Morgan fingerprint density at radius 2 is 1.25 bits per heavy atom. The van der Waals surface area contributed by atoms with E-state index in [-0.39, 0.29) is 46.0 Å². The Kier molecular flexibility index (Phi) is 14.3. The van der Waals surface area contributed by atoms with Gasteiger partial charge in [0, 0.05) is 5.41 Å². The number of aliphatic hydroxyl groups excluding tert-OH is 11. The molecule has 0 aromatic carbocycles. The Bertz CT molecular complexity index is 1900. The number of carboxylic acids is 1. The Balaban J connectivity index is 1.07. The molecule has 8 aliphatic rings. The second-order valence-electron chi connectivity index (χ2n) is 23.3. The first-order valence-corrected chi connectivity index (χ1v) is 24.5. The SMILES string of the molecule is CC1(C)CC[C@]2(C(=O)O[C@@H]3O[C@H](CO)[C@@H](O)[C@H](O)[C@H]3O)CC[C@]3(C)C(=CC[C@@H]4[C@@]5(C)CC[C@H](O[C@@H]6O[C@H](C(=O)O)[C@@H](O)[C@H](O)[C@H]6O[C@@H]6O[C@H](CO)[C@@H](O)[C@H](O)[C@H]6O)[C@](C)(CO)[C@@H]5CC[C@]43C)[C@@H]2C1. The van der Waals surface area contributed by atoms with Crippen LogP contribution in [0.4, 0.5) is 0 Å². The molecule has 388 valence electrons. The number of aliphatic hydroxyl groups is 11. The van der Waals surface area contributed by atoms with Crippen molar-refractivity contribution in [3.63, 3.8) is 0 Å². The number of carboxylic acid groups (broad SMARTS) is 1. The molecule has 20 nitrogen and oxygen atoms in total. The number of carbonyl (C=O) groups excluding carboxylic acids is 1. The Morgan fingerprint density at radius 1 is 0.647 bits per heavy atom. The number of hydrogen-bond donors (Lipinski definition) is 12. The molecule has 3 aliphatic heterocycles. The third kappa shape index (κ3) is 8.03. The zero-order valence-electron chi connectivity index (χ0n) is 39.9. The molecule has 0 radical (unpaired) electrons. The largest absolute Gasteiger partial charge is 0.479 e. The van der Waals surface area contributed by atoms with E-state index >= 15 is 0 Å². The normalized spacial score (nSPS) is 53.4. The van der Waals surface area contributed by atoms with Crippen molar-refractivity contribution in [1.29, 1.82) is 0 Å². The zero-order chi connectivity index (χ0) is 49.8. The fourth-order valence-corrected chi connectivity index (χ4v) is 15.0. The van der Waals surface area contributed by atoms with Gasteiger partial charge in [-0.25, -0.2) is 4.79 Å². The monoisotopic (exact) mass is 972 g/mol. The van der Waals surface area contributed by atoms with Crippen LogP contribution < -0.4 is 0 Å². The number of aliphatic carboxylic acids is 1. The minimum Gasteiger partial charge on any atom is -0.479 e. The summed E-state index contributed by atoms with van der Waals surface area (Å²) in [5, 5.41) is 127. The fourth-order valence-electron chi connectivity index (χ4n) is 15.0. The highest BCUT2D eigenvalue weighted by Crippen LogP contribution is 2.76. The lowest BCUT2D eigenvalue weighted by Gasteiger charge is -2.71. The van der Waals surface area contributed by atoms with Gasteiger partial charge >= 0.3 is 11.9 Å². The van der Waals surface area contributed by atoms with Crippen molar-refractivity contribution in [2.75, 3.05) is 19.8 Å². The number of esters is 1. The number of allylic oxidation sites excluding steroid dienone is 2. The van der Waals surface area contributed by atoms with Crippen LogP contribution in [0.2, 0.25) is 0 Å². The summed E-state index contributed by atoms with van der Waals surface area (Å²) in [5.74, 6) is -2.40. The summed E-state index contributed by atoms with van der Waals surface area (Å²) in [7, 11) is 0. The molecule has 3 heterocycles. The summed E-state index contributed by atoms with van der Waals surface area (Å²) >= 11 is 0. The van der Waals surface area contributed by atoms with Crippen LogP contribution in [0.25, 0.3) is 0 Å². The van der Waals surface area contributed by atoms with E-state index in [9.17, 15) is 70.9 Å². The zero-order valence-corrected chi connectivity index (χ0v) is 39.9.